The molecule has 0 saturated heterocycles. The van der Waals surface area contributed by atoms with Gasteiger partial charge in [-0.05, 0) is 61.4 Å². The highest BCUT2D eigenvalue weighted by molar-refractivity contribution is 7.83. The quantitative estimate of drug-likeness (QED) is 0.373. The van der Waals surface area contributed by atoms with Gasteiger partial charge >= 0.3 is 0 Å². The minimum absolute atomic E-state index is 0.0176. The largest absolute Gasteiger partial charge is 0.302 e. The summed E-state index contributed by atoms with van der Waals surface area (Å²) < 4.78 is 38.9. The van der Waals surface area contributed by atoms with Gasteiger partial charge in [0.2, 0.25) is 0 Å². The Morgan fingerprint density at radius 1 is 0.742 bits per heavy atom. The summed E-state index contributed by atoms with van der Waals surface area (Å²) in [5.74, 6) is 0. The smallest absolute Gasteiger partial charge is 0.187 e. The normalized spacial score (nSPS) is 13.7. The molecule has 6 heteroatoms. The molecule has 4 nitrogen and oxygen atoms in total. The van der Waals surface area contributed by atoms with E-state index < -0.39 is 22.1 Å². The minimum Gasteiger partial charge on any atom is -0.302 e. The van der Waals surface area contributed by atoms with Crippen LogP contribution in [-0.2, 0) is 22.1 Å². The van der Waals surface area contributed by atoms with E-state index in [9.17, 15) is 13.0 Å². The zero-order valence-corrected chi connectivity index (χ0v) is 19.6. The van der Waals surface area contributed by atoms with E-state index in [0.29, 0.717) is 15.4 Å². The van der Waals surface area contributed by atoms with Crippen LogP contribution in [0.1, 0.15) is 25.0 Å². The third-order valence-corrected chi connectivity index (χ3v) is 7.40. The molecule has 0 amide bonds. The van der Waals surface area contributed by atoms with Gasteiger partial charge < -0.3 is 4.55 Å². The minimum atomic E-state index is -2.20. The first kappa shape index (κ1) is 21.8. The molecule has 0 saturated carbocycles. The van der Waals surface area contributed by atoms with Crippen LogP contribution in [0.25, 0.3) is 32.7 Å². The first-order valence-electron chi connectivity index (χ1n) is 10.1. The summed E-state index contributed by atoms with van der Waals surface area (Å²) >= 11 is -2.20. The Labute approximate surface area is 187 Å². The summed E-state index contributed by atoms with van der Waals surface area (Å²) in [7, 11) is -1.49. The van der Waals surface area contributed by atoms with E-state index in [4.69, 9.17) is 0 Å². The number of rotatable bonds is 5. The van der Waals surface area contributed by atoms with E-state index in [-0.39, 0.29) is 6.04 Å². The van der Waals surface area contributed by atoms with E-state index in [2.05, 4.69) is 16.9 Å². The molecule has 2 atom stereocenters. The molecule has 0 aliphatic carbocycles. The highest BCUT2D eigenvalue weighted by Crippen LogP contribution is 2.41. The second-order valence-corrected chi connectivity index (χ2v) is 10.3. The molecule has 31 heavy (non-hydrogen) atoms. The predicted octanol–water partition coefficient (Wildman–Crippen LogP) is 5.88. The molecule has 2 unspecified atom stereocenters. The van der Waals surface area contributed by atoms with Crippen molar-refractivity contribution in [1.82, 2.24) is 4.72 Å². The summed E-state index contributed by atoms with van der Waals surface area (Å²) in [6.07, 6.45) is 0. The van der Waals surface area contributed by atoms with Crippen molar-refractivity contribution in [2.45, 2.75) is 43.5 Å². The summed E-state index contributed by atoms with van der Waals surface area (Å²) in [4.78, 5) is 0.914. The van der Waals surface area contributed by atoms with Crippen LogP contribution < -0.4 is 4.72 Å². The second kappa shape index (κ2) is 8.63. The van der Waals surface area contributed by atoms with Crippen molar-refractivity contribution in [2.75, 3.05) is 0 Å². The molecule has 0 aromatic heterocycles. The second-order valence-electron chi connectivity index (χ2n) is 8.12. The number of nitrogens with one attached hydrogen (secondary N) is 1. The molecule has 160 valence electrons. The number of hydrogen-bond donors (Lipinski definition) is 2. The zero-order chi connectivity index (χ0) is 22.3. The van der Waals surface area contributed by atoms with E-state index in [1.54, 1.807) is 6.07 Å². The summed E-state index contributed by atoms with van der Waals surface area (Å²) in [6, 6.07) is 19.5. The third kappa shape index (κ3) is 4.21. The lowest BCUT2D eigenvalue weighted by Gasteiger charge is -2.19. The van der Waals surface area contributed by atoms with E-state index in [1.807, 2.05) is 70.2 Å². The first-order valence-corrected chi connectivity index (χ1v) is 12.4. The van der Waals surface area contributed by atoms with Gasteiger partial charge in [-0.2, -0.15) is 0 Å². The Bertz CT molecular complexity index is 1360. The third-order valence-electron chi connectivity index (χ3n) is 5.25. The fourth-order valence-electron chi connectivity index (χ4n) is 3.95. The highest BCUT2D eigenvalue weighted by atomic mass is 32.2. The van der Waals surface area contributed by atoms with Crippen LogP contribution in [0.2, 0.25) is 0 Å². The van der Waals surface area contributed by atoms with Crippen LogP contribution in [0.5, 0.6) is 0 Å². The van der Waals surface area contributed by atoms with Crippen molar-refractivity contribution in [2.24, 2.45) is 0 Å². The Morgan fingerprint density at radius 3 is 1.71 bits per heavy atom. The maximum absolute atomic E-state index is 13.3. The Morgan fingerprint density at radius 2 is 1.23 bits per heavy atom. The predicted molar refractivity (Wildman–Crippen MR) is 130 cm³/mol. The molecule has 0 fully saturated rings. The molecule has 4 aromatic carbocycles. The fraction of sp³-hybridized carbons (Fsp3) is 0.200. The molecule has 0 spiro atoms. The monoisotopic (exact) mass is 451 g/mol. The van der Waals surface area contributed by atoms with Gasteiger partial charge in [0.15, 0.2) is 11.1 Å². The maximum atomic E-state index is 13.3. The lowest BCUT2D eigenvalue weighted by Crippen LogP contribution is -2.25. The van der Waals surface area contributed by atoms with Gasteiger partial charge in [0.25, 0.3) is 0 Å². The SMILES string of the molecule is Cc1ccc2c(-c3c(S(=O)NC(C)C)ccc4cc(C)ccc34)c(S(=O)O)ccc2c1. The first-order chi connectivity index (χ1) is 14.8. The van der Waals surface area contributed by atoms with Crippen LogP contribution in [0.4, 0.5) is 0 Å². The molecule has 4 rings (SSSR count). The van der Waals surface area contributed by atoms with Gasteiger partial charge in [-0.25, -0.2) is 13.1 Å². The molecule has 2 N–H and O–H groups in total. The van der Waals surface area contributed by atoms with Crippen LogP contribution in [-0.4, -0.2) is 19.0 Å². The van der Waals surface area contributed by atoms with Crippen molar-refractivity contribution < 1.29 is 13.0 Å². The zero-order valence-electron chi connectivity index (χ0n) is 17.9. The molecule has 0 radical (unpaired) electrons. The summed E-state index contributed by atoms with van der Waals surface area (Å²) in [5, 5.41) is 3.74. The number of aryl methyl sites for hydroxylation is 2. The summed E-state index contributed by atoms with van der Waals surface area (Å²) in [6.45, 7) is 7.93. The van der Waals surface area contributed by atoms with Crippen molar-refractivity contribution in [3.8, 4) is 11.1 Å². The molecule has 0 aliphatic rings. The maximum Gasteiger partial charge on any atom is 0.187 e. The van der Waals surface area contributed by atoms with Crippen molar-refractivity contribution in [3.05, 3.63) is 71.8 Å². The average molecular weight is 452 g/mol. The lowest BCUT2D eigenvalue weighted by molar-refractivity contribution is 0.565. The number of hydrogen-bond acceptors (Lipinski definition) is 2. The van der Waals surface area contributed by atoms with E-state index in [0.717, 1.165) is 38.2 Å². The van der Waals surface area contributed by atoms with Gasteiger partial charge in [-0.3, -0.25) is 0 Å². The topological polar surface area (TPSA) is 66.4 Å². The number of fused-ring (bicyclic) bond motifs is 2. The van der Waals surface area contributed by atoms with Crippen LogP contribution >= 0.6 is 0 Å². The van der Waals surface area contributed by atoms with Gasteiger partial charge in [-0.15, -0.1) is 0 Å². The Balaban J connectivity index is 2.18. The van der Waals surface area contributed by atoms with Crippen molar-refractivity contribution >= 4 is 43.6 Å². The van der Waals surface area contributed by atoms with Gasteiger partial charge in [0.1, 0.15) is 11.0 Å². The van der Waals surface area contributed by atoms with Crippen LogP contribution in [0, 0.1) is 13.8 Å². The van der Waals surface area contributed by atoms with Crippen molar-refractivity contribution in [1.29, 1.82) is 0 Å². The lowest BCUT2D eigenvalue weighted by atomic mass is 9.92. The molecule has 0 bridgehead atoms. The van der Waals surface area contributed by atoms with Crippen LogP contribution in [0.15, 0.2) is 70.5 Å². The number of benzene rings is 4. The summed E-state index contributed by atoms with van der Waals surface area (Å²) in [5.41, 5.74) is 3.61. The van der Waals surface area contributed by atoms with Gasteiger partial charge in [0.05, 0.1) is 9.79 Å². The van der Waals surface area contributed by atoms with E-state index in [1.165, 1.54) is 0 Å². The average Bonchev–Trinajstić information content (AvgIpc) is 2.71. The fourth-order valence-corrected chi connectivity index (χ4v) is 5.67. The van der Waals surface area contributed by atoms with Crippen LogP contribution in [0.3, 0.4) is 0 Å². The van der Waals surface area contributed by atoms with Gasteiger partial charge in [0, 0.05) is 17.2 Å². The standard InChI is InChI=1S/C25H25NO3S2/c1-15(2)26-30(27)22-11-7-18-13-16(3)5-9-20(18)24(22)25-21-10-6-17(4)14-19(21)8-12-23(25)31(28)29/h5-15,26H,1-4H3,(H,28,29). The Kier molecular flexibility index (Phi) is 6.08. The Hall–Kier alpha value is -2.38. The highest BCUT2D eigenvalue weighted by Gasteiger charge is 2.22. The molecular formula is C25H25NO3S2. The van der Waals surface area contributed by atoms with Gasteiger partial charge in [-0.1, -0.05) is 59.7 Å². The molecule has 4 aromatic rings. The molecular weight excluding hydrogens is 426 g/mol. The molecule has 0 aliphatic heterocycles. The van der Waals surface area contributed by atoms with E-state index >= 15 is 0 Å². The van der Waals surface area contributed by atoms with Crippen molar-refractivity contribution in [3.63, 3.8) is 0 Å². The molecule has 0 heterocycles.